The molecule has 1 saturated heterocycles. The fourth-order valence-corrected chi connectivity index (χ4v) is 5.53. The zero-order chi connectivity index (χ0) is 22.7. The number of fused-ring (bicyclic) bond motifs is 1. The van der Waals surface area contributed by atoms with Gasteiger partial charge in [0.2, 0.25) is 0 Å². The Bertz CT molecular complexity index is 1080. The average molecular weight is 472 g/mol. The van der Waals surface area contributed by atoms with Crippen LogP contribution in [0.15, 0.2) is 41.4 Å². The molecule has 0 aliphatic carbocycles. The topological polar surface area (TPSA) is 94.6 Å². The molecule has 2 aromatic carbocycles. The number of anilines is 2. The van der Waals surface area contributed by atoms with Crippen molar-refractivity contribution >= 4 is 52.4 Å². The van der Waals surface area contributed by atoms with Gasteiger partial charge in [-0.2, -0.15) is 11.8 Å². The Kier molecular flexibility index (Phi) is 6.62. The normalized spacial score (nSPS) is 17.8. The van der Waals surface area contributed by atoms with Crippen molar-refractivity contribution in [2.45, 2.75) is 24.9 Å². The zero-order valence-electron chi connectivity index (χ0n) is 18.0. The molecule has 2 aliphatic heterocycles. The summed E-state index contributed by atoms with van der Waals surface area (Å²) in [5.41, 5.74) is 2.73. The molecular weight excluding hydrogens is 446 g/mol. The number of amidine groups is 1. The minimum atomic E-state index is -0.430. The molecule has 0 aromatic heterocycles. The van der Waals surface area contributed by atoms with Gasteiger partial charge in [0.15, 0.2) is 0 Å². The Balaban J connectivity index is 1.82. The summed E-state index contributed by atoms with van der Waals surface area (Å²) < 4.78 is 0. The van der Waals surface area contributed by atoms with Gasteiger partial charge in [0.25, 0.3) is 11.8 Å². The van der Waals surface area contributed by atoms with E-state index in [1.807, 2.05) is 36.0 Å². The Labute approximate surface area is 196 Å². The molecule has 2 heterocycles. The molecular formula is C23H26ClN5O2S. The van der Waals surface area contributed by atoms with E-state index < -0.39 is 5.54 Å². The number of benzene rings is 2. The van der Waals surface area contributed by atoms with Crippen molar-refractivity contribution in [2.75, 3.05) is 36.2 Å². The van der Waals surface area contributed by atoms with Crippen molar-refractivity contribution in [3.8, 4) is 0 Å². The van der Waals surface area contributed by atoms with Crippen molar-refractivity contribution in [2.24, 2.45) is 4.99 Å². The fraction of sp³-hybridized carbons (Fsp3) is 0.348. The van der Waals surface area contributed by atoms with E-state index in [-0.39, 0.29) is 11.8 Å². The largest absolute Gasteiger partial charge is 0.370 e. The fourth-order valence-electron chi connectivity index (χ4n) is 4.12. The summed E-state index contributed by atoms with van der Waals surface area (Å²) in [5, 5.41) is 13.1. The van der Waals surface area contributed by atoms with E-state index in [4.69, 9.17) is 16.6 Å². The second-order valence-electron chi connectivity index (χ2n) is 7.81. The minimum absolute atomic E-state index is 0.210. The predicted octanol–water partition coefficient (Wildman–Crippen LogP) is 3.76. The van der Waals surface area contributed by atoms with Crippen LogP contribution in [-0.2, 0) is 6.54 Å². The van der Waals surface area contributed by atoms with E-state index in [2.05, 4.69) is 21.3 Å². The van der Waals surface area contributed by atoms with Crippen LogP contribution < -0.4 is 21.3 Å². The molecule has 0 saturated carbocycles. The van der Waals surface area contributed by atoms with Gasteiger partial charge in [-0.3, -0.25) is 14.6 Å². The number of carbonyl (C=O) groups is 2. The van der Waals surface area contributed by atoms with Gasteiger partial charge >= 0.3 is 0 Å². The SMILES string of the molecule is CNC(=O)c1ccc(C(=O)NC)c2c1NC(=NCc1cccc(Cl)c1)C1(CCSCC1)N2. The quantitative estimate of drug-likeness (QED) is 0.544. The number of rotatable bonds is 4. The highest BCUT2D eigenvalue weighted by Crippen LogP contribution is 2.42. The molecule has 4 rings (SSSR count). The van der Waals surface area contributed by atoms with Crippen LogP contribution in [0.1, 0.15) is 39.1 Å². The number of hydrogen-bond acceptors (Lipinski definition) is 5. The number of carbonyl (C=O) groups excluding carboxylic acids is 2. The number of nitrogens with one attached hydrogen (secondary N) is 4. The van der Waals surface area contributed by atoms with E-state index in [0.29, 0.717) is 34.1 Å². The summed E-state index contributed by atoms with van der Waals surface area (Å²) in [5.74, 6) is 2.29. The van der Waals surface area contributed by atoms with Gasteiger partial charge in [-0.25, -0.2) is 0 Å². The van der Waals surface area contributed by atoms with Crippen LogP contribution in [0.5, 0.6) is 0 Å². The molecule has 7 nitrogen and oxygen atoms in total. The summed E-state index contributed by atoms with van der Waals surface area (Å²) >= 11 is 8.05. The van der Waals surface area contributed by atoms with E-state index >= 15 is 0 Å². The molecule has 0 bridgehead atoms. The number of hydrogen-bond donors (Lipinski definition) is 4. The molecule has 168 valence electrons. The second-order valence-corrected chi connectivity index (χ2v) is 9.47. The van der Waals surface area contributed by atoms with Crippen LogP contribution in [0.2, 0.25) is 5.02 Å². The summed E-state index contributed by atoms with van der Waals surface area (Å²) in [6.45, 7) is 0.458. The van der Waals surface area contributed by atoms with E-state index in [9.17, 15) is 9.59 Å². The van der Waals surface area contributed by atoms with Crippen LogP contribution in [0.4, 0.5) is 11.4 Å². The van der Waals surface area contributed by atoms with E-state index in [1.165, 1.54) is 0 Å². The smallest absolute Gasteiger partial charge is 0.253 e. The standard InChI is InChI=1S/C23H26ClN5O2S/c1-25-20(30)16-6-7-17(21(31)26-2)19-18(16)28-22(23(29-19)8-10-32-11-9-23)27-13-14-4-3-5-15(24)12-14/h3-7,12,29H,8-11,13H2,1-2H3,(H,25,30)(H,26,31)(H,27,28). The zero-order valence-corrected chi connectivity index (χ0v) is 19.6. The number of nitrogens with zero attached hydrogens (tertiary/aromatic N) is 1. The average Bonchev–Trinajstić information content (AvgIpc) is 2.81. The van der Waals surface area contributed by atoms with Gasteiger partial charge in [0.1, 0.15) is 5.84 Å². The van der Waals surface area contributed by atoms with Gasteiger partial charge in [-0.15, -0.1) is 0 Å². The maximum atomic E-state index is 12.6. The van der Waals surface area contributed by atoms with Crippen LogP contribution >= 0.6 is 23.4 Å². The maximum absolute atomic E-state index is 12.6. The third-order valence-corrected chi connectivity index (χ3v) is 7.09. The second kappa shape index (κ2) is 9.42. The third-order valence-electron chi connectivity index (χ3n) is 5.86. The van der Waals surface area contributed by atoms with Crippen molar-refractivity contribution in [3.05, 3.63) is 58.1 Å². The van der Waals surface area contributed by atoms with Crippen LogP contribution in [-0.4, -0.2) is 48.8 Å². The molecule has 2 aromatic rings. The van der Waals surface area contributed by atoms with Crippen molar-refractivity contribution in [1.29, 1.82) is 0 Å². The van der Waals surface area contributed by atoms with Gasteiger partial charge < -0.3 is 21.3 Å². The molecule has 0 radical (unpaired) electrons. The molecule has 32 heavy (non-hydrogen) atoms. The molecule has 9 heteroatoms. The number of amides is 2. The first kappa shape index (κ1) is 22.5. The molecule has 4 N–H and O–H groups in total. The Morgan fingerprint density at radius 2 is 1.72 bits per heavy atom. The first-order valence-corrected chi connectivity index (χ1v) is 12.0. The summed E-state index contributed by atoms with van der Waals surface area (Å²) in [4.78, 5) is 30.1. The van der Waals surface area contributed by atoms with Crippen LogP contribution in [0.3, 0.4) is 0 Å². The van der Waals surface area contributed by atoms with Gasteiger partial charge in [0, 0.05) is 19.1 Å². The number of halogens is 1. The molecule has 1 spiro atoms. The summed E-state index contributed by atoms with van der Waals surface area (Å²) in [6.07, 6.45) is 1.71. The van der Waals surface area contributed by atoms with E-state index in [0.717, 1.165) is 35.7 Å². The highest BCUT2D eigenvalue weighted by atomic mass is 35.5. The van der Waals surface area contributed by atoms with Crippen molar-refractivity contribution < 1.29 is 9.59 Å². The van der Waals surface area contributed by atoms with E-state index in [1.54, 1.807) is 26.2 Å². The Morgan fingerprint density at radius 3 is 2.34 bits per heavy atom. The van der Waals surface area contributed by atoms with Gasteiger partial charge in [-0.1, -0.05) is 23.7 Å². The molecule has 0 unspecified atom stereocenters. The number of aliphatic imine (C=N–C) groups is 1. The highest BCUT2D eigenvalue weighted by molar-refractivity contribution is 7.99. The first-order valence-electron chi connectivity index (χ1n) is 10.5. The monoisotopic (exact) mass is 471 g/mol. The molecule has 1 fully saturated rings. The molecule has 2 aliphatic rings. The first-order chi connectivity index (χ1) is 15.5. The minimum Gasteiger partial charge on any atom is -0.370 e. The lowest BCUT2D eigenvalue weighted by Gasteiger charge is -2.44. The van der Waals surface area contributed by atoms with Gasteiger partial charge in [-0.05, 0) is 54.2 Å². The lowest BCUT2D eigenvalue weighted by molar-refractivity contribution is 0.0952. The third kappa shape index (κ3) is 4.29. The lowest BCUT2D eigenvalue weighted by atomic mass is 9.86. The number of thioether (sulfide) groups is 1. The van der Waals surface area contributed by atoms with Crippen molar-refractivity contribution in [1.82, 2.24) is 10.6 Å². The summed E-state index contributed by atoms with van der Waals surface area (Å²) in [6, 6.07) is 11.0. The Hall–Kier alpha value is -2.71. The lowest BCUT2D eigenvalue weighted by Crippen LogP contribution is -2.55. The van der Waals surface area contributed by atoms with Crippen molar-refractivity contribution in [3.63, 3.8) is 0 Å². The van der Waals surface area contributed by atoms with Crippen LogP contribution in [0, 0.1) is 0 Å². The molecule has 0 atom stereocenters. The van der Waals surface area contributed by atoms with Gasteiger partial charge in [0.05, 0.1) is 34.6 Å². The Morgan fingerprint density at radius 1 is 1.06 bits per heavy atom. The maximum Gasteiger partial charge on any atom is 0.253 e. The highest BCUT2D eigenvalue weighted by Gasteiger charge is 2.43. The molecule has 2 amide bonds. The summed E-state index contributed by atoms with van der Waals surface area (Å²) in [7, 11) is 3.19. The van der Waals surface area contributed by atoms with Crippen LogP contribution in [0.25, 0.3) is 0 Å². The predicted molar refractivity (Wildman–Crippen MR) is 132 cm³/mol.